The largest absolute Gasteiger partial charge is 0.465 e. The zero-order valence-corrected chi connectivity index (χ0v) is 11.9. The standard InChI is InChI=1S/C15H20N2O3/c1-16(2)8-12-11-7-9-5-3-4-6-10(9)13(11)17(14(12)18)15(19)20/h6,8-9,11,13H,3-5,7H2,1-2H3,(H,19,20)/b12-8+/t9-,11+,13+/m0/s1. The average molecular weight is 276 g/mol. The fourth-order valence-corrected chi connectivity index (χ4v) is 3.94. The number of likely N-dealkylation sites (tertiary alicyclic amines) is 1. The monoisotopic (exact) mass is 276 g/mol. The lowest BCUT2D eigenvalue weighted by Crippen LogP contribution is -2.39. The number of carbonyl (C=O) groups is 2. The first-order chi connectivity index (χ1) is 9.50. The molecule has 2 aliphatic carbocycles. The van der Waals surface area contributed by atoms with Crippen molar-refractivity contribution in [3.05, 3.63) is 23.4 Å². The van der Waals surface area contributed by atoms with E-state index in [-0.39, 0.29) is 17.9 Å². The van der Waals surface area contributed by atoms with E-state index in [1.807, 2.05) is 19.0 Å². The number of hydrogen-bond donors (Lipinski definition) is 1. The Morgan fingerprint density at radius 1 is 1.50 bits per heavy atom. The Hall–Kier alpha value is -1.78. The van der Waals surface area contributed by atoms with Crippen LogP contribution in [0.5, 0.6) is 0 Å². The summed E-state index contributed by atoms with van der Waals surface area (Å²) in [5, 5.41) is 9.41. The number of amides is 2. The maximum Gasteiger partial charge on any atom is 0.414 e. The molecule has 1 saturated heterocycles. The van der Waals surface area contributed by atoms with E-state index in [1.54, 1.807) is 6.20 Å². The van der Waals surface area contributed by atoms with Gasteiger partial charge in [-0.3, -0.25) is 4.79 Å². The van der Waals surface area contributed by atoms with Gasteiger partial charge in [0.1, 0.15) is 0 Å². The van der Waals surface area contributed by atoms with Crippen LogP contribution in [0, 0.1) is 11.8 Å². The normalized spacial score (nSPS) is 34.0. The second kappa shape index (κ2) is 4.65. The second-order valence-corrected chi connectivity index (χ2v) is 6.12. The molecule has 1 aliphatic heterocycles. The minimum atomic E-state index is -1.13. The molecule has 1 heterocycles. The molecule has 2 amide bonds. The maximum atomic E-state index is 12.4. The van der Waals surface area contributed by atoms with Crippen molar-refractivity contribution in [1.82, 2.24) is 9.80 Å². The molecule has 1 N–H and O–H groups in total. The fraction of sp³-hybridized carbons (Fsp3) is 0.600. The highest BCUT2D eigenvalue weighted by atomic mass is 16.4. The Kier molecular flexibility index (Phi) is 3.07. The van der Waals surface area contributed by atoms with Crippen molar-refractivity contribution < 1.29 is 14.7 Å². The number of rotatable bonds is 1. The van der Waals surface area contributed by atoms with E-state index < -0.39 is 6.09 Å². The van der Waals surface area contributed by atoms with E-state index in [2.05, 4.69) is 6.08 Å². The Morgan fingerprint density at radius 2 is 2.25 bits per heavy atom. The summed E-state index contributed by atoms with van der Waals surface area (Å²) in [6, 6.07) is -0.253. The van der Waals surface area contributed by atoms with Crippen LogP contribution >= 0.6 is 0 Å². The van der Waals surface area contributed by atoms with Crippen LogP contribution in [0.1, 0.15) is 25.7 Å². The zero-order valence-electron chi connectivity index (χ0n) is 11.9. The molecule has 0 bridgehead atoms. The molecular weight excluding hydrogens is 256 g/mol. The summed E-state index contributed by atoms with van der Waals surface area (Å²) >= 11 is 0. The third-order valence-electron chi connectivity index (χ3n) is 4.62. The third kappa shape index (κ3) is 1.84. The molecule has 3 aliphatic rings. The minimum Gasteiger partial charge on any atom is -0.465 e. The van der Waals surface area contributed by atoms with Crippen LogP contribution in [0.3, 0.4) is 0 Å². The summed E-state index contributed by atoms with van der Waals surface area (Å²) in [5.74, 6) is 0.153. The van der Waals surface area contributed by atoms with Gasteiger partial charge in [0.15, 0.2) is 0 Å². The zero-order chi connectivity index (χ0) is 14.4. The quantitative estimate of drug-likeness (QED) is 0.588. The molecule has 2 fully saturated rings. The summed E-state index contributed by atoms with van der Waals surface area (Å²) in [7, 11) is 3.72. The van der Waals surface area contributed by atoms with Crippen molar-refractivity contribution >= 4 is 12.0 Å². The highest BCUT2D eigenvalue weighted by Gasteiger charge is 2.54. The van der Waals surface area contributed by atoms with E-state index in [9.17, 15) is 14.7 Å². The maximum absolute atomic E-state index is 12.4. The van der Waals surface area contributed by atoms with Crippen molar-refractivity contribution in [1.29, 1.82) is 0 Å². The van der Waals surface area contributed by atoms with E-state index in [0.29, 0.717) is 11.5 Å². The van der Waals surface area contributed by atoms with E-state index in [4.69, 9.17) is 0 Å². The number of fused-ring (bicyclic) bond motifs is 3. The van der Waals surface area contributed by atoms with E-state index in [1.165, 1.54) is 12.0 Å². The van der Waals surface area contributed by atoms with Crippen LogP contribution in [-0.4, -0.2) is 47.0 Å². The Bertz CT molecular complexity index is 521. The van der Waals surface area contributed by atoms with Crippen LogP contribution in [0.25, 0.3) is 0 Å². The SMILES string of the molecule is CN(C)/C=C1/C(=O)N(C(=O)O)[C@@H]2C3=CCCC[C@H]3C[C@H]12. The molecule has 20 heavy (non-hydrogen) atoms. The predicted molar refractivity (Wildman–Crippen MR) is 74.0 cm³/mol. The third-order valence-corrected chi connectivity index (χ3v) is 4.62. The van der Waals surface area contributed by atoms with Gasteiger partial charge < -0.3 is 10.0 Å². The Balaban J connectivity index is 2.04. The first-order valence-corrected chi connectivity index (χ1v) is 7.15. The lowest BCUT2D eigenvalue weighted by Gasteiger charge is -2.24. The van der Waals surface area contributed by atoms with Gasteiger partial charge in [-0.05, 0) is 37.2 Å². The number of nitrogens with zero attached hydrogens (tertiary/aromatic N) is 2. The summed E-state index contributed by atoms with van der Waals surface area (Å²) in [6.45, 7) is 0. The Morgan fingerprint density at radius 3 is 2.90 bits per heavy atom. The molecule has 3 rings (SSSR count). The summed E-state index contributed by atoms with van der Waals surface area (Å²) in [5.41, 5.74) is 1.83. The van der Waals surface area contributed by atoms with Crippen molar-refractivity contribution in [3.63, 3.8) is 0 Å². The van der Waals surface area contributed by atoms with Crippen LogP contribution in [0.4, 0.5) is 4.79 Å². The number of imide groups is 1. The topological polar surface area (TPSA) is 60.9 Å². The van der Waals surface area contributed by atoms with Crippen LogP contribution < -0.4 is 0 Å². The number of allylic oxidation sites excluding steroid dienone is 1. The highest BCUT2D eigenvalue weighted by molar-refractivity contribution is 6.06. The first kappa shape index (κ1) is 13.2. The molecule has 0 aromatic carbocycles. The molecule has 0 unspecified atom stereocenters. The number of hydrogen-bond acceptors (Lipinski definition) is 3. The summed E-state index contributed by atoms with van der Waals surface area (Å²) in [4.78, 5) is 26.8. The molecule has 0 aromatic rings. The molecule has 1 saturated carbocycles. The molecule has 108 valence electrons. The molecule has 0 spiro atoms. The van der Waals surface area contributed by atoms with Gasteiger partial charge in [-0.25, -0.2) is 9.69 Å². The summed E-state index contributed by atoms with van der Waals surface area (Å²) in [6.07, 6.45) is 7.03. The van der Waals surface area contributed by atoms with Gasteiger partial charge >= 0.3 is 6.09 Å². The lowest BCUT2D eigenvalue weighted by molar-refractivity contribution is -0.123. The van der Waals surface area contributed by atoms with Crippen molar-refractivity contribution in [2.24, 2.45) is 11.8 Å². The van der Waals surface area contributed by atoms with Gasteiger partial charge in [0.05, 0.1) is 6.04 Å². The number of carbonyl (C=O) groups excluding carboxylic acids is 1. The van der Waals surface area contributed by atoms with Gasteiger partial charge in [-0.2, -0.15) is 0 Å². The number of carboxylic acid groups (broad SMARTS) is 1. The smallest absolute Gasteiger partial charge is 0.414 e. The van der Waals surface area contributed by atoms with Crippen molar-refractivity contribution in [3.8, 4) is 0 Å². The molecule has 3 atom stereocenters. The van der Waals surface area contributed by atoms with Gasteiger partial charge in [-0.15, -0.1) is 0 Å². The minimum absolute atomic E-state index is 0.0374. The van der Waals surface area contributed by atoms with Crippen LogP contribution in [0.2, 0.25) is 0 Å². The van der Waals surface area contributed by atoms with Crippen molar-refractivity contribution in [2.45, 2.75) is 31.7 Å². The summed E-state index contributed by atoms with van der Waals surface area (Å²) < 4.78 is 0. The fourth-order valence-electron chi connectivity index (χ4n) is 3.94. The van der Waals surface area contributed by atoms with Gasteiger partial charge in [0.2, 0.25) is 0 Å². The lowest BCUT2D eigenvalue weighted by atomic mass is 9.89. The van der Waals surface area contributed by atoms with Crippen LogP contribution in [-0.2, 0) is 4.79 Å². The molecule has 0 aromatic heterocycles. The predicted octanol–water partition coefficient (Wildman–Crippen LogP) is 2.07. The van der Waals surface area contributed by atoms with Gasteiger partial charge in [-0.1, -0.05) is 6.08 Å². The average Bonchev–Trinajstić information content (AvgIpc) is 2.86. The van der Waals surface area contributed by atoms with Crippen molar-refractivity contribution in [2.75, 3.05) is 14.1 Å². The van der Waals surface area contributed by atoms with E-state index in [0.717, 1.165) is 24.2 Å². The van der Waals surface area contributed by atoms with Gasteiger partial charge in [0.25, 0.3) is 5.91 Å². The first-order valence-electron chi connectivity index (χ1n) is 7.15. The van der Waals surface area contributed by atoms with Gasteiger partial charge in [0, 0.05) is 31.8 Å². The molecular formula is C15H20N2O3. The molecule has 0 radical (unpaired) electrons. The molecule has 5 nitrogen and oxygen atoms in total. The highest BCUT2D eigenvalue weighted by Crippen LogP contribution is 2.51. The van der Waals surface area contributed by atoms with Crippen LogP contribution in [0.15, 0.2) is 23.4 Å². The Labute approximate surface area is 118 Å². The second-order valence-electron chi connectivity index (χ2n) is 6.12. The van der Waals surface area contributed by atoms with E-state index >= 15 is 0 Å². The molecule has 5 heteroatoms.